The molecule has 7 heteroatoms. The monoisotopic (exact) mass is 219 g/mol. The molecule has 2 saturated heterocycles. The van der Waals surface area contributed by atoms with Gasteiger partial charge in [-0.3, -0.25) is 0 Å². The predicted molar refractivity (Wildman–Crippen MR) is 48.5 cm³/mol. The summed E-state index contributed by atoms with van der Waals surface area (Å²) in [7, 11) is 0. The average molecular weight is 219 g/mol. The van der Waals surface area contributed by atoms with Crippen LogP contribution in [0.3, 0.4) is 0 Å². The SMILES string of the molecule is NCC1CN(N2CCOCC2F)C(=O)O1. The lowest BCUT2D eigenvalue weighted by molar-refractivity contribution is -0.143. The second-order valence-corrected chi connectivity index (χ2v) is 3.50. The summed E-state index contributed by atoms with van der Waals surface area (Å²) in [5.41, 5.74) is 5.38. The molecule has 0 aromatic heterocycles. The maximum Gasteiger partial charge on any atom is 0.425 e. The number of hydrogen-bond donors (Lipinski definition) is 1. The number of carbonyl (C=O) groups excluding carboxylic acids is 1. The molecular weight excluding hydrogens is 205 g/mol. The van der Waals surface area contributed by atoms with Gasteiger partial charge in [0.1, 0.15) is 6.10 Å². The zero-order valence-corrected chi connectivity index (χ0v) is 8.26. The number of hydrogen-bond acceptors (Lipinski definition) is 5. The number of ether oxygens (including phenoxy) is 2. The highest BCUT2D eigenvalue weighted by molar-refractivity contribution is 5.69. The third kappa shape index (κ3) is 2.04. The van der Waals surface area contributed by atoms with Crippen LogP contribution >= 0.6 is 0 Å². The van der Waals surface area contributed by atoms with Crippen molar-refractivity contribution in [2.24, 2.45) is 5.73 Å². The van der Waals surface area contributed by atoms with Gasteiger partial charge in [-0.05, 0) is 0 Å². The van der Waals surface area contributed by atoms with Crippen molar-refractivity contribution in [3.8, 4) is 0 Å². The van der Waals surface area contributed by atoms with Crippen LogP contribution in [0.5, 0.6) is 0 Å². The molecule has 0 aromatic carbocycles. The number of halogens is 1. The van der Waals surface area contributed by atoms with Gasteiger partial charge in [-0.25, -0.2) is 14.2 Å². The molecule has 15 heavy (non-hydrogen) atoms. The lowest BCUT2D eigenvalue weighted by atomic mass is 10.3. The van der Waals surface area contributed by atoms with Crippen molar-refractivity contribution in [2.75, 3.05) is 32.8 Å². The van der Waals surface area contributed by atoms with Crippen LogP contribution < -0.4 is 5.73 Å². The van der Waals surface area contributed by atoms with Crippen LogP contribution in [-0.2, 0) is 9.47 Å². The molecule has 0 radical (unpaired) electrons. The van der Waals surface area contributed by atoms with Crippen molar-refractivity contribution < 1.29 is 18.7 Å². The molecule has 0 spiro atoms. The van der Waals surface area contributed by atoms with E-state index in [9.17, 15) is 9.18 Å². The van der Waals surface area contributed by atoms with E-state index < -0.39 is 12.4 Å². The molecule has 2 N–H and O–H groups in total. The van der Waals surface area contributed by atoms with E-state index in [0.29, 0.717) is 19.7 Å². The number of cyclic esters (lactones) is 1. The Morgan fingerprint density at radius 3 is 3.00 bits per heavy atom. The minimum atomic E-state index is -1.29. The standard InChI is InChI=1S/C8H14FN3O3/c9-7-5-14-2-1-11(7)12-4-6(3-10)15-8(12)13/h6-7H,1-5,10H2. The van der Waals surface area contributed by atoms with Gasteiger partial charge in [0.05, 0.1) is 19.8 Å². The van der Waals surface area contributed by atoms with Crippen molar-refractivity contribution >= 4 is 6.09 Å². The summed E-state index contributed by atoms with van der Waals surface area (Å²) in [5.74, 6) is 0. The number of nitrogens with zero attached hydrogens (tertiary/aromatic N) is 2. The molecule has 2 unspecified atom stereocenters. The molecule has 6 nitrogen and oxygen atoms in total. The summed E-state index contributed by atoms with van der Waals surface area (Å²) in [5, 5.41) is 2.60. The first kappa shape index (κ1) is 10.6. The predicted octanol–water partition coefficient (Wildman–Crippen LogP) is -0.691. The fraction of sp³-hybridized carbons (Fsp3) is 0.875. The maximum absolute atomic E-state index is 13.4. The van der Waals surface area contributed by atoms with Crippen molar-refractivity contribution in [3.05, 3.63) is 0 Å². The zero-order chi connectivity index (χ0) is 10.8. The summed E-state index contributed by atoms with van der Waals surface area (Å²) in [6, 6.07) is 0. The van der Waals surface area contributed by atoms with E-state index in [-0.39, 0.29) is 19.3 Å². The van der Waals surface area contributed by atoms with E-state index in [0.717, 1.165) is 0 Å². The van der Waals surface area contributed by atoms with Gasteiger partial charge in [-0.1, -0.05) is 0 Å². The number of morpholine rings is 1. The first-order valence-electron chi connectivity index (χ1n) is 4.89. The Bertz CT molecular complexity index is 253. The van der Waals surface area contributed by atoms with Gasteiger partial charge in [0.15, 0.2) is 6.30 Å². The molecular formula is C8H14FN3O3. The molecule has 0 bridgehead atoms. The van der Waals surface area contributed by atoms with Gasteiger partial charge in [-0.2, -0.15) is 5.01 Å². The maximum atomic E-state index is 13.4. The molecule has 2 rings (SSSR count). The fourth-order valence-electron chi connectivity index (χ4n) is 1.68. The molecule has 86 valence electrons. The number of carbonyl (C=O) groups is 1. The Morgan fingerprint density at radius 1 is 1.60 bits per heavy atom. The summed E-state index contributed by atoms with van der Waals surface area (Å²) < 4.78 is 23.3. The van der Waals surface area contributed by atoms with Gasteiger partial charge >= 0.3 is 6.09 Å². The first-order chi connectivity index (χ1) is 7.22. The number of alkyl halides is 1. The summed E-state index contributed by atoms with van der Waals surface area (Å²) in [6.45, 7) is 1.32. The van der Waals surface area contributed by atoms with Crippen LogP contribution in [-0.4, -0.2) is 61.4 Å². The first-order valence-corrected chi connectivity index (χ1v) is 4.89. The van der Waals surface area contributed by atoms with E-state index in [4.69, 9.17) is 15.2 Å². The van der Waals surface area contributed by atoms with E-state index in [2.05, 4.69) is 0 Å². The number of amides is 1. The molecule has 2 atom stereocenters. The van der Waals surface area contributed by atoms with Crippen LogP contribution in [0.1, 0.15) is 0 Å². The van der Waals surface area contributed by atoms with Crippen LogP contribution in [0.25, 0.3) is 0 Å². The highest BCUT2D eigenvalue weighted by atomic mass is 19.1. The molecule has 2 aliphatic heterocycles. The second-order valence-electron chi connectivity index (χ2n) is 3.50. The van der Waals surface area contributed by atoms with Gasteiger partial charge in [0, 0.05) is 13.1 Å². The van der Waals surface area contributed by atoms with Crippen LogP contribution in [0.15, 0.2) is 0 Å². The minimum Gasteiger partial charge on any atom is -0.442 e. The summed E-state index contributed by atoms with van der Waals surface area (Å²) >= 11 is 0. The minimum absolute atomic E-state index is 0.0168. The van der Waals surface area contributed by atoms with E-state index in [1.165, 1.54) is 10.0 Å². The Balaban J connectivity index is 2.00. The van der Waals surface area contributed by atoms with E-state index in [1.54, 1.807) is 0 Å². The summed E-state index contributed by atoms with van der Waals surface area (Å²) in [4.78, 5) is 11.4. The second kappa shape index (κ2) is 4.30. The lowest BCUT2D eigenvalue weighted by Crippen LogP contribution is -2.53. The molecule has 2 aliphatic rings. The van der Waals surface area contributed by atoms with Crippen molar-refractivity contribution in [3.63, 3.8) is 0 Å². The zero-order valence-electron chi connectivity index (χ0n) is 8.26. The van der Waals surface area contributed by atoms with Crippen molar-refractivity contribution in [1.82, 2.24) is 10.0 Å². The normalized spacial score (nSPS) is 33.2. The number of hydrazine groups is 1. The molecule has 0 aromatic rings. The number of rotatable bonds is 2. The van der Waals surface area contributed by atoms with Gasteiger partial charge in [0.2, 0.25) is 0 Å². The Kier molecular flexibility index (Phi) is 3.03. The highest BCUT2D eigenvalue weighted by Crippen LogP contribution is 2.18. The van der Waals surface area contributed by atoms with E-state index in [1.807, 2.05) is 0 Å². The smallest absolute Gasteiger partial charge is 0.425 e. The highest BCUT2D eigenvalue weighted by Gasteiger charge is 2.38. The molecule has 0 saturated carbocycles. The van der Waals surface area contributed by atoms with Crippen molar-refractivity contribution in [2.45, 2.75) is 12.4 Å². The van der Waals surface area contributed by atoms with Crippen LogP contribution in [0.2, 0.25) is 0 Å². The van der Waals surface area contributed by atoms with Crippen LogP contribution in [0, 0.1) is 0 Å². The largest absolute Gasteiger partial charge is 0.442 e. The fourth-order valence-corrected chi connectivity index (χ4v) is 1.68. The van der Waals surface area contributed by atoms with Crippen LogP contribution in [0.4, 0.5) is 9.18 Å². The Hall–Kier alpha value is -0.920. The third-order valence-corrected chi connectivity index (χ3v) is 2.47. The average Bonchev–Trinajstić information content (AvgIpc) is 2.60. The summed E-state index contributed by atoms with van der Waals surface area (Å²) in [6.07, 6.45) is -2.16. The molecule has 0 aliphatic carbocycles. The van der Waals surface area contributed by atoms with Crippen molar-refractivity contribution in [1.29, 1.82) is 0 Å². The van der Waals surface area contributed by atoms with Gasteiger partial charge < -0.3 is 15.2 Å². The molecule has 2 heterocycles. The number of nitrogens with two attached hydrogens (primary N) is 1. The topological polar surface area (TPSA) is 68.0 Å². The lowest BCUT2D eigenvalue weighted by Gasteiger charge is -2.35. The molecule has 2 fully saturated rings. The van der Waals surface area contributed by atoms with Gasteiger partial charge in [0.25, 0.3) is 0 Å². The quantitative estimate of drug-likeness (QED) is 0.622. The molecule has 1 amide bonds. The van der Waals surface area contributed by atoms with Gasteiger partial charge in [-0.15, -0.1) is 0 Å². The Morgan fingerprint density at radius 2 is 2.40 bits per heavy atom. The third-order valence-electron chi connectivity index (χ3n) is 2.47. The van der Waals surface area contributed by atoms with E-state index >= 15 is 0 Å². The Labute approximate surface area is 86.7 Å².